The predicted octanol–water partition coefficient (Wildman–Crippen LogP) is 6.30. The Morgan fingerprint density at radius 2 is 1.77 bits per heavy atom. The van der Waals surface area contributed by atoms with Crippen LogP contribution >= 0.6 is 0 Å². The summed E-state index contributed by atoms with van der Waals surface area (Å²) in [5, 5.41) is 0. The van der Waals surface area contributed by atoms with Crippen LogP contribution in [0.4, 0.5) is 13.2 Å². The van der Waals surface area contributed by atoms with Crippen molar-refractivity contribution in [2.24, 2.45) is 0 Å². The molecule has 0 aliphatic heterocycles. The number of ether oxygens (including phenoxy) is 2. The van der Waals surface area contributed by atoms with Gasteiger partial charge >= 0.3 is 6.61 Å². The molecule has 0 saturated carbocycles. The molecule has 0 spiro atoms. The number of benzene rings is 2. The number of rotatable bonds is 8. The lowest BCUT2D eigenvalue weighted by Crippen LogP contribution is -2.21. The molecule has 2 aromatic rings. The maximum Gasteiger partial charge on any atom is 0.387 e. The first kappa shape index (κ1) is 20.1. The molecule has 2 aromatic carbocycles. The number of hydrogen-bond donors (Lipinski definition) is 0. The largest absolute Gasteiger partial charge is 0.494 e. The van der Waals surface area contributed by atoms with Gasteiger partial charge in [-0.05, 0) is 53.1 Å². The monoisotopic (exact) mass is 366 g/mol. The molecule has 0 radical (unpaired) electrons. The molecule has 0 N–H and O–H groups in total. The molecule has 0 bridgehead atoms. The Kier molecular flexibility index (Phi) is 6.57. The molecule has 0 amide bonds. The van der Waals surface area contributed by atoms with Crippen molar-refractivity contribution in [1.29, 1.82) is 0 Å². The van der Waals surface area contributed by atoms with E-state index in [1.165, 1.54) is 11.6 Å². The van der Waals surface area contributed by atoms with Crippen LogP contribution in [0.5, 0.6) is 11.5 Å². The second-order valence-corrected chi connectivity index (χ2v) is 7.23. The van der Waals surface area contributed by atoms with E-state index in [1.807, 2.05) is 32.0 Å². The molecule has 0 atom stereocenters. The first-order valence-electron chi connectivity index (χ1n) is 8.66. The van der Waals surface area contributed by atoms with E-state index in [-0.39, 0.29) is 5.41 Å². The van der Waals surface area contributed by atoms with Gasteiger partial charge in [-0.1, -0.05) is 45.9 Å². The highest BCUT2D eigenvalue weighted by molar-refractivity contribution is 5.35. The standard InChI is InChI=1S/C21H25F3O2/c1-14(2)15-6-5-7-17(12-15)25-11-10-21(3,4)16-8-9-18(22)19(13-16)26-20(23)24/h5-9,12-14,20H,10-11H2,1-4H3. The van der Waals surface area contributed by atoms with Gasteiger partial charge in [0, 0.05) is 0 Å². The van der Waals surface area contributed by atoms with Crippen molar-refractivity contribution in [3.63, 3.8) is 0 Å². The van der Waals surface area contributed by atoms with Crippen LogP contribution in [-0.4, -0.2) is 13.2 Å². The molecular formula is C21H25F3O2. The third-order valence-electron chi connectivity index (χ3n) is 4.45. The van der Waals surface area contributed by atoms with E-state index in [9.17, 15) is 13.2 Å². The summed E-state index contributed by atoms with van der Waals surface area (Å²) in [4.78, 5) is 0. The van der Waals surface area contributed by atoms with Crippen LogP contribution in [0.2, 0.25) is 0 Å². The van der Waals surface area contributed by atoms with E-state index >= 15 is 0 Å². The van der Waals surface area contributed by atoms with E-state index < -0.39 is 18.2 Å². The Balaban J connectivity index is 2.03. The first-order chi connectivity index (χ1) is 12.2. The average Bonchev–Trinajstić information content (AvgIpc) is 2.56. The van der Waals surface area contributed by atoms with Crippen LogP contribution in [0.15, 0.2) is 42.5 Å². The van der Waals surface area contributed by atoms with E-state index in [1.54, 1.807) is 6.07 Å². The summed E-state index contributed by atoms with van der Waals surface area (Å²) < 4.78 is 48.5. The van der Waals surface area contributed by atoms with Gasteiger partial charge in [-0.3, -0.25) is 0 Å². The third kappa shape index (κ3) is 5.41. The Labute approximate surface area is 152 Å². The molecule has 2 rings (SSSR count). The SMILES string of the molecule is CC(C)c1cccc(OCCC(C)(C)c2ccc(F)c(OC(F)F)c2)c1. The number of alkyl halides is 2. The minimum absolute atomic E-state index is 0.385. The molecule has 26 heavy (non-hydrogen) atoms. The fourth-order valence-electron chi connectivity index (χ4n) is 2.64. The van der Waals surface area contributed by atoms with Crippen LogP contribution in [0.1, 0.15) is 51.2 Å². The van der Waals surface area contributed by atoms with Gasteiger partial charge in [0.1, 0.15) is 5.75 Å². The van der Waals surface area contributed by atoms with Crippen LogP contribution < -0.4 is 9.47 Å². The van der Waals surface area contributed by atoms with Gasteiger partial charge in [0.05, 0.1) is 6.61 Å². The second-order valence-electron chi connectivity index (χ2n) is 7.23. The minimum Gasteiger partial charge on any atom is -0.494 e. The lowest BCUT2D eigenvalue weighted by Gasteiger charge is -2.26. The maximum atomic E-state index is 13.6. The van der Waals surface area contributed by atoms with Crippen molar-refractivity contribution in [3.05, 3.63) is 59.4 Å². The zero-order valence-corrected chi connectivity index (χ0v) is 15.6. The molecule has 0 aliphatic carbocycles. The lowest BCUT2D eigenvalue weighted by atomic mass is 9.82. The van der Waals surface area contributed by atoms with Gasteiger partial charge < -0.3 is 9.47 Å². The predicted molar refractivity (Wildman–Crippen MR) is 96.7 cm³/mol. The molecule has 0 heterocycles. The molecule has 2 nitrogen and oxygen atoms in total. The Morgan fingerprint density at radius 3 is 2.42 bits per heavy atom. The van der Waals surface area contributed by atoms with Crippen molar-refractivity contribution >= 4 is 0 Å². The molecule has 142 valence electrons. The Hall–Kier alpha value is -2.17. The highest BCUT2D eigenvalue weighted by Gasteiger charge is 2.23. The zero-order chi connectivity index (χ0) is 19.3. The van der Waals surface area contributed by atoms with Crippen LogP contribution in [-0.2, 0) is 5.41 Å². The summed E-state index contributed by atoms with van der Waals surface area (Å²) in [7, 11) is 0. The summed E-state index contributed by atoms with van der Waals surface area (Å²) in [6.07, 6.45) is 0.638. The molecular weight excluding hydrogens is 341 g/mol. The highest BCUT2D eigenvalue weighted by atomic mass is 19.3. The number of hydrogen-bond acceptors (Lipinski definition) is 2. The molecule has 0 saturated heterocycles. The van der Waals surface area contributed by atoms with Crippen LogP contribution in [0.25, 0.3) is 0 Å². The Bertz CT molecular complexity index is 727. The summed E-state index contributed by atoms with van der Waals surface area (Å²) in [5.41, 5.74) is 1.53. The van der Waals surface area contributed by atoms with Crippen LogP contribution in [0, 0.1) is 5.82 Å². The van der Waals surface area contributed by atoms with Gasteiger partial charge in [0.15, 0.2) is 11.6 Å². The van der Waals surface area contributed by atoms with Crippen molar-refractivity contribution in [2.75, 3.05) is 6.61 Å². The number of halogens is 3. The van der Waals surface area contributed by atoms with E-state index in [2.05, 4.69) is 24.7 Å². The van der Waals surface area contributed by atoms with Crippen molar-refractivity contribution in [2.45, 2.75) is 52.1 Å². The minimum atomic E-state index is -3.06. The van der Waals surface area contributed by atoms with E-state index in [0.717, 1.165) is 11.8 Å². The average molecular weight is 366 g/mol. The topological polar surface area (TPSA) is 18.5 Å². The first-order valence-corrected chi connectivity index (χ1v) is 8.66. The quantitative estimate of drug-likeness (QED) is 0.546. The Morgan fingerprint density at radius 1 is 1.04 bits per heavy atom. The fraction of sp³-hybridized carbons (Fsp3) is 0.429. The fourth-order valence-corrected chi connectivity index (χ4v) is 2.64. The zero-order valence-electron chi connectivity index (χ0n) is 15.6. The van der Waals surface area contributed by atoms with Crippen molar-refractivity contribution < 1.29 is 22.6 Å². The summed E-state index contributed by atoms with van der Waals surface area (Å²) >= 11 is 0. The smallest absolute Gasteiger partial charge is 0.387 e. The molecule has 5 heteroatoms. The van der Waals surface area contributed by atoms with Crippen molar-refractivity contribution in [3.8, 4) is 11.5 Å². The molecule has 0 unspecified atom stereocenters. The van der Waals surface area contributed by atoms with Gasteiger partial charge in [-0.15, -0.1) is 0 Å². The summed E-state index contributed by atoms with van der Waals surface area (Å²) in [5.74, 6) is -0.0157. The second kappa shape index (κ2) is 8.47. The summed E-state index contributed by atoms with van der Waals surface area (Å²) in [6.45, 7) is 5.56. The molecule has 0 fully saturated rings. The van der Waals surface area contributed by atoms with Gasteiger partial charge in [0.25, 0.3) is 0 Å². The summed E-state index contributed by atoms with van der Waals surface area (Å²) in [6, 6.07) is 12.0. The van der Waals surface area contributed by atoms with Gasteiger partial charge in [-0.25, -0.2) is 4.39 Å². The normalized spacial score (nSPS) is 11.9. The molecule has 0 aromatic heterocycles. The molecule has 0 aliphatic rings. The van der Waals surface area contributed by atoms with E-state index in [4.69, 9.17) is 4.74 Å². The van der Waals surface area contributed by atoms with Gasteiger partial charge in [-0.2, -0.15) is 8.78 Å². The van der Waals surface area contributed by atoms with Gasteiger partial charge in [0.2, 0.25) is 0 Å². The maximum absolute atomic E-state index is 13.6. The highest BCUT2D eigenvalue weighted by Crippen LogP contribution is 2.32. The van der Waals surface area contributed by atoms with Crippen molar-refractivity contribution in [1.82, 2.24) is 0 Å². The van der Waals surface area contributed by atoms with Crippen LogP contribution in [0.3, 0.4) is 0 Å². The lowest BCUT2D eigenvalue weighted by molar-refractivity contribution is -0.0522. The van der Waals surface area contributed by atoms with E-state index in [0.29, 0.717) is 24.5 Å². The third-order valence-corrected chi connectivity index (χ3v) is 4.45.